The number of nitrogens with zero attached hydrogens (tertiary/aromatic N) is 1. The van der Waals surface area contributed by atoms with Gasteiger partial charge in [0, 0.05) is 28.7 Å². The summed E-state index contributed by atoms with van der Waals surface area (Å²) in [6, 6.07) is 13.1. The maximum absolute atomic E-state index is 13.0. The first-order valence-electron chi connectivity index (χ1n) is 8.81. The SMILES string of the molecule is CCN(CC(=O)NC(C)C)C(=O)c1ccccc1C(=O)c1ccc(Cl)cc1. The number of rotatable bonds is 7. The lowest BCUT2D eigenvalue weighted by atomic mass is 9.97. The lowest BCUT2D eigenvalue weighted by Crippen LogP contribution is -2.43. The van der Waals surface area contributed by atoms with Gasteiger partial charge in [-0.1, -0.05) is 29.8 Å². The Morgan fingerprint density at radius 1 is 1.00 bits per heavy atom. The molecule has 0 atom stereocenters. The van der Waals surface area contributed by atoms with E-state index in [2.05, 4.69) is 5.32 Å². The van der Waals surface area contributed by atoms with Gasteiger partial charge in [0.1, 0.15) is 0 Å². The standard InChI is InChI=1S/C21H23ClN2O3/c1-4-24(13-19(25)23-14(2)3)21(27)18-8-6-5-7-17(18)20(26)15-9-11-16(22)12-10-15/h5-12,14H,4,13H2,1-3H3,(H,23,25). The number of amides is 2. The van der Waals surface area contributed by atoms with Crippen molar-refractivity contribution in [3.05, 3.63) is 70.2 Å². The average Bonchev–Trinajstić information content (AvgIpc) is 2.65. The molecule has 1 N–H and O–H groups in total. The molecule has 0 saturated heterocycles. The van der Waals surface area contributed by atoms with Gasteiger partial charge in [0.25, 0.3) is 5.91 Å². The van der Waals surface area contributed by atoms with Crippen molar-refractivity contribution in [2.24, 2.45) is 0 Å². The van der Waals surface area contributed by atoms with Crippen molar-refractivity contribution in [1.29, 1.82) is 0 Å². The Morgan fingerprint density at radius 2 is 1.59 bits per heavy atom. The number of carbonyl (C=O) groups excluding carboxylic acids is 3. The molecule has 0 aromatic heterocycles. The van der Waals surface area contributed by atoms with Crippen molar-refractivity contribution in [2.75, 3.05) is 13.1 Å². The van der Waals surface area contributed by atoms with Gasteiger partial charge >= 0.3 is 0 Å². The molecular formula is C21H23ClN2O3. The van der Waals surface area contributed by atoms with Gasteiger partial charge in [-0.05, 0) is 51.1 Å². The van der Waals surface area contributed by atoms with Gasteiger partial charge in [0.05, 0.1) is 12.1 Å². The highest BCUT2D eigenvalue weighted by molar-refractivity contribution is 6.30. The van der Waals surface area contributed by atoms with E-state index in [0.717, 1.165) is 0 Å². The maximum Gasteiger partial charge on any atom is 0.255 e. The molecule has 0 bridgehead atoms. The second kappa shape index (κ2) is 9.33. The summed E-state index contributed by atoms with van der Waals surface area (Å²) in [5, 5.41) is 3.30. The van der Waals surface area contributed by atoms with E-state index >= 15 is 0 Å². The Bertz CT molecular complexity index is 832. The minimum atomic E-state index is -0.352. The first kappa shape index (κ1) is 20.6. The quantitative estimate of drug-likeness (QED) is 0.740. The van der Waals surface area contributed by atoms with Crippen LogP contribution in [0.2, 0.25) is 5.02 Å². The molecule has 142 valence electrons. The Labute approximate surface area is 164 Å². The van der Waals surface area contributed by atoms with Gasteiger partial charge in [-0.25, -0.2) is 0 Å². The molecule has 27 heavy (non-hydrogen) atoms. The number of hydrogen-bond donors (Lipinski definition) is 1. The second-order valence-electron chi connectivity index (χ2n) is 6.42. The second-order valence-corrected chi connectivity index (χ2v) is 6.86. The summed E-state index contributed by atoms with van der Waals surface area (Å²) in [5.41, 5.74) is 1.02. The third kappa shape index (κ3) is 5.41. The zero-order chi connectivity index (χ0) is 20.0. The zero-order valence-electron chi connectivity index (χ0n) is 15.7. The summed E-state index contributed by atoms with van der Waals surface area (Å²) in [6.07, 6.45) is 0. The molecule has 5 nitrogen and oxygen atoms in total. The maximum atomic E-state index is 13.0. The van der Waals surface area contributed by atoms with Crippen molar-refractivity contribution in [1.82, 2.24) is 10.2 Å². The monoisotopic (exact) mass is 386 g/mol. The Balaban J connectivity index is 2.29. The molecule has 0 radical (unpaired) electrons. The minimum absolute atomic E-state index is 0.00919. The summed E-state index contributed by atoms with van der Waals surface area (Å²) >= 11 is 5.88. The summed E-state index contributed by atoms with van der Waals surface area (Å²) in [5.74, 6) is -0.852. The van der Waals surface area contributed by atoms with Crippen LogP contribution in [0.1, 0.15) is 47.1 Å². The number of halogens is 1. The highest BCUT2D eigenvalue weighted by atomic mass is 35.5. The molecule has 0 spiro atoms. The smallest absolute Gasteiger partial charge is 0.255 e. The minimum Gasteiger partial charge on any atom is -0.352 e. The molecule has 0 heterocycles. The predicted molar refractivity (Wildman–Crippen MR) is 106 cm³/mol. The molecule has 0 aliphatic carbocycles. The summed E-state index contributed by atoms with van der Waals surface area (Å²) in [4.78, 5) is 39.3. The number of hydrogen-bond acceptors (Lipinski definition) is 3. The average molecular weight is 387 g/mol. The van der Waals surface area contributed by atoms with E-state index in [1.165, 1.54) is 4.90 Å². The van der Waals surface area contributed by atoms with E-state index in [1.54, 1.807) is 55.5 Å². The van der Waals surface area contributed by atoms with Crippen LogP contribution in [0, 0.1) is 0 Å². The van der Waals surface area contributed by atoms with Crippen LogP contribution in [0.5, 0.6) is 0 Å². The van der Waals surface area contributed by atoms with E-state index in [1.807, 2.05) is 13.8 Å². The fourth-order valence-corrected chi connectivity index (χ4v) is 2.79. The van der Waals surface area contributed by atoms with Crippen molar-refractivity contribution in [3.8, 4) is 0 Å². The van der Waals surface area contributed by atoms with Gasteiger partial charge < -0.3 is 10.2 Å². The Hall–Kier alpha value is -2.66. The van der Waals surface area contributed by atoms with E-state index in [9.17, 15) is 14.4 Å². The highest BCUT2D eigenvalue weighted by Gasteiger charge is 2.23. The van der Waals surface area contributed by atoms with Crippen LogP contribution in [0.15, 0.2) is 48.5 Å². The third-order valence-corrected chi connectivity index (χ3v) is 4.21. The van der Waals surface area contributed by atoms with Gasteiger partial charge in [-0.2, -0.15) is 0 Å². The molecule has 2 aromatic carbocycles. The molecular weight excluding hydrogens is 364 g/mol. The summed E-state index contributed by atoms with van der Waals surface area (Å²) in [6.45, 7) is 5.81. The van der Waals surface area contributed by atoms with Crippen LogP contribution in [-0.2, 0) is 4.79 Å². The lowest BCUT2D eigenvalue weighted by molar-refractivity contribution is -0.122. The molecule has 2 amide bonds. The van der Waals surface area contributed by atoms with Crippen LogP contribution in [0.4, 0.5) is 0 Å². The molecule has 0 aliphatic heterocycles. The fraction of sp³-hybridized carbons (Fsp3) is 0.286. The van der Waals surface area contributed by atoms with Crippen molar-refractivity contribution in [2.45, 2.75) is 26.8 Å². The number of carbonyl (C=O) groups is 3. The van der Waals surface area contributed by atoms with Crippen molar-refractivity contribution < 1.29 is 14.4 Å². The first-order valence-corrected chi connectivity index (χ1v) is 9.19. The molecule has 0 unspecified atom stereocenters. The first-order chi connectivity index (χ1) is 12.8. The Kier molecular flexibility index (Phi) is 7.13. The van der Waals surface area contributed by atoms with Gasteiger partial charge in [-0.3, -0.25) is 14.4 Å². The van der Waals surface area contributed by atoms with Crippen molar-refractivity contribution >= 4 is 29.2 Å². The largest absolute Gasteiger partial charge is 0.352 e. The van der Waals surface area contributed by atoms with E-state index < -0.39 is 0 Å². The number of likely N-dealkylation sites (N-methyl/N-ethyl adjacent to an activating group) is 1. The van der Waals surface area contributed by atoms with Crippen LogP contribution >= 0.6 is 11.6 Å². The molecule has 6 heteroatoms. The predicted octanol–water partition coefficient (Wildman–Crippen LogP) is 3.56. The molecule has 0 aliphatic rings. The van der Waals surface area contributed by atoms with E-state index in [4.69, 9.17) is 11.6 Å². The topological polar surface area (TPSA) is 66.5 Å². The molecule has 0 fully saturated rings. The van der Waals surface area contributed by atoms with E-state index in [-0.39, 0.29) is 35.7 Å². The van der Waals surface area contributed by atoms with Crippen LogP contribution in [0.25, 0.3) is 0 Å². The normalized spacial score (nSPS) is 10.6. The lowest BCUT2D eigenvalue weighted by Gasteiger charge is -2.22. The molecule has 0 saturated carbocycles. The number of nitrogens with one attached hydrogen (secondary N) is 1. The Morgan fingerprint density at radius 3 is 2.15 bits per heavy atom. The van der Waals surface area contributed by atoms with Crippen LogP contribution in [-0.4, -0.2) is 41.6 Å². The van der Waals surface area contributed by atoms with Crippen LogP contribution in [0.3, 0.4) is 0 Å². The summed E-state index contributed by atoms with van der Waals surface area (Å²) < 4.78 is 0. The fourth-order valence-electron chi connectivity index (χ4n) is 2.66. The van der Waals surface area contributed by atoms with Gasteiger partial charge in [0.15, 0.2) is 5.78 Å². The van der Waals surface area contributed by atoms with Crippen molar-refractivity contribution in [3.63, 3.8) is 0 Å². The van der Waals surface area contributed by atoms with Gasteiger partial charge in [-0.15, -0.1) is 0 Å². The third-order valence-electron chi connectivity index (χ3n) is 3.96. The molecule has 2 aromatic rings. The highest BCUT2D eigenvalue weighted by Crippen LogP contribution is 2.18. The zero-order valence-corrected chi connectivity index (χ0v) is 16.4. The van der Waals surface area contributed by atoms with E-state index in [0.29, 0.717) is 22.7 Å². The number of ketones is 1. The van der Waals surface area contributed by atoms with Crippen LogP contribution < -0.4 is 5.32 Å². The number of benzene rings is 2. The van der Waals surface area contributed by atoms with Gasteiger partial charge in [0.2, 0.25) is 5.91 Å². The molecule has 2 rings (SSSR count). The summed E-state index contributed by atoms with van der Waals surface area (Å²) in [7, 11) is 0.